The van der Waals surface area contributed by atoms with E-state index in [1.54, 1.807) is 0 Å². The van der Waals surface area contributed by atoms with Crippen molar-refractivity contribution in [3.63, 3.8) is 0 Å². The van der Waals surface area contributed by atoms with Crippen LogP contribution in [0.3, 0.4) is 0 Å². The topological polar surface area (TPSA) is 26.3 Å². The highest BCUT2D eigenvalue weighted by Gasteiger charge is 2.28. The third-order valence-corrected chi connectivity index (χ3v) is 3.98. The van der Waals surface area contributed by atoms with Crippen LogP contribution in [0.4, 0.5) is 0 Å². The highest BCUT2D eigenvalue weighted by atomic mass is 16.5. The lowest BCUT2D eigenvalue weighted by molar-refractivity contribution is -0.138. The highest BCUT2D eigenvalue weighted by molar-refractivity contribution is 5.82. The van der Waals surface area contributed by atoms with E-state index in [1.165, 1.54) is 28.3 Å². The summed E-state index contributed by atoms with van der Waals surface area (Å²) >= 11 is 0. The monoisotopic (exact) mass is 291 g/mol. The summed E-state index contributed by atoms with van der Waals surface area (Å²) < 4.78 is 5.45. The second kappa shape index (κ2) is 6.61. The van der Waals surface area contributed by atoms with E-state index in [1.807, 2.05) is 43.7 Å². The predicted molar refractivity (Wildman–Crippen MR) is 88.4 cm³/mol. The molecule has 0 atom stereocenters. The van der Waals surface area contributed by atoms with Gasteiger partial charge in [0, 0.05) is 12.0 Å². The van der Waals surface area contributed by atoms with Gasteiger partial charge in [-0.2, -0.15) is 0 Å². The van der Waals surface area contributed by atoms with Crippen molar-refractivity contribution in [3.8, 4) is 11.1 Å². The van der Waals surface area contributed by atoms with Crippen molar-refractivity contribution in [2.75, 3.05) is 6.61 Å². The molecule has 2 aromatic carbocycles. The van der Waals surface area contributed by atoms with Gasteiger partial charge < -0.3 is 4.74 Å². The van der Waals surface area contributed by atoms with E-state index in [0.717, 1.165) is 6.42 Å². The fraction of sp³-hybridized carbons (Fsp3) is 0.200. The molecule has 1 aliphatic rings. The molecular weight excluding hydrogens is 272 g/mol. The molecule has 2 nitrogen and oxygen atoms in total. The van der Waals surface area contributed by atoms with Gasteiger partial charge in [-0.25, -0.2) is 4.79 Å². The Bertz CT molecular complexity index is 655. The Morgan fingerprint density at radius 1 is 1.05 bits per heavy atom. The third kappa shape index (κ3) is 2.82. The molecule has 0 saturated carbocycles. The molecule has 1 aliphatic carbocycles. The number of rotatable bonds is 5. The van der Waals surface area contributed by atoms with Gasteiger partial charge in [0.25, 0.3) is 0 Å². The van der Waals surface area contributed by atoms with Gasteiger partial charge in [0.05, 0.1) is 0 Å². The number of esters is 1. The molecule has 0 unspecified atom stereocenters. The smallest absolute Gasteiger partial charge is 0.330 e. The van der Waals surface area contributed by atoms with Crippen LogP contribution in [0.2, 0.25) is 0 Å². The molecule has 1 radical (unpaired) electrons. The first kappa shape index (κ1) is 14.6. The van der Waals surface area contributed by atoms with Crippen LogP contribution < -0.4 is 0 Å². The number of carbonyl (C=O) groups excluding carboxylic acids is 1. The van der Waals surface area contributed by atoms with Gasteiger partial charge in [-0.1, -0.05) is 61.5 Å². The summed E-state index contributed by atoms with van der Waals surface area (Å²) in [6, 6.07) is 16.7. The zero-order valence-corrected chi connectivity index (χ0v) is 12.7. The number of hydrogen-bond acceptors (Lipinski definition) is 2. The maximum Gasteiger partial charge on any atom is 0.330 e. The average Bonchev–Trinajstić information content (AvgIpc) is 2.87. The van der Waals surface area contributed by atoms with Gasteiger partial charge in [0.1, 0.15) is 6.61 Å². The number of benzene rings is 2. The van der Waals surface area contributed by atoms with Gasteiger partial charge in [0.2, 0.25) is 0 Å². The number of ether oxygens (including phenoxy) is 1. The van der Waals surface area contributed by atoms with Crippen molar-refractivity contribution < 1.29 is 9.53 Å². The maximum atomic E-state index is 11.8. The van der Waals surface area contributed by atoms with Crippen LogP contribution >= 0.6 is 0 Å². The molecule has 0 aromatic heterocycles. The molecule has 2 heteroatoms. The van der Waals surface area contributed by atoms with E-state index in [4.69, 9.17) is 4.74 Å². The molecule has 0 saturated heterocycles. The van der Waals surface area contributed by atoms with Crippen LogP contribution in [-0.2, 0) is 9.53 Å². The van der Waals surface area contributed by atoms with E-state index >= 15 is 0 Å². The molecule has 0 aliphatic heterocycles. The van der Waals surface area contributed by atoms with Gasteiger partial charge >= 0.3 is 5.97 Å². The zero-order chi connectivity index (χ0) is 15.4. The largest absolute Gasteiger partial charge is 0.462 e. The lowest BCUT2D eigenvalue weighted by Crippen LogP contribution is -2.10. The SMILES string of the molecule is C[CH]CC=CC(=O)OCC1c2ccccc2-c2ccccc21. The van der Waals surface area contributed by atoms with E-state index in [0.29, 0.717) is 6.61 Å². The van der Waals surface area contributed by atoms with Gasteiger partial charge in [0.15, 0.2) is 0 Å². The van der Waals surface area contributed by atoms with Crippen molar-refractivity contribution >= 4 is 5.97 Å². The molecule has 111 valence electrons. The molecule has 0 spiro atoms. The van der Waals surface area contributed by atoms with Gasteiger partial charge in [-0.05, 0) is 35.1 Å². The van der Waals surface area contributed by atoms with Crippen molar-refractivity contribution in [2.24, 2.45) is 0 Å². The minimum absolute atomic E-state index is 0.127. The summed E-state index contributed by atoms with van der Waals surface area (Å²) in [5.74, 6) is -0.147. The van der Waals surface area contributed by atoms with E-state index in [-0.39, 0.29) is 11.9 Å². The summed E-state index contributed by atoms with van der Waals surface area (Å²) in [6.07, 6.45) is 6.10. The lowest BCUT2D eigenvalue weighted by Gasteiger charge is -2.13. The summed E-state index contributed by atoms with van der Waals surface area (Å²) in [7, 11) is 0. The number of unbranched alkanes of at least 4 members (excludes halogenated alkanes) is 1. The molecule has 0 amide bonds. The maximum absolute atomic E-state index is 11.8. The summed E-state index contributed by atoms with van der Waals surface area (Å²) in [4.78, 5) is 11.8. The average molecular weight is 291 g/mol. The Morgan fingerprint density at radius 2 is 1.64 bits per heavy atom. The Hall–Kier alpha value is -2.35. The molecule has 0 bridgehead atoms. The van der Waals surface area contributed by atoms with E-state index < -0.39 is 0 Å². The molecule has 0 fully saturated rings. The summed E-state index contributed by atoms with van der Waals surface area (Å²) in [5, 5.41) is 0. The van der Waals surface area contributed by atoms with Gasteiger partial charge in [-0.3, -0.25) is 0 Å². The van der Waals surface area contributed by atoms with Crippen molar-refractivity contribution in [3.05, 3.63) is 78.2 Å². The molecule has 0 N–H and O–H groups in total. The second-order valence-corrected chi connectivity index (χ2v) is 5.40. The fourth-order valence-corrected chi connectivity index (χ4v) is 2.95. The Morgan fingerprint density at radius 3 is 2.23 bits per heavy atom. The molecule has 3 rings (SSSR count). The van der Waals surface area contributed by atoms with Crippen LogP contribution in [0.15, 0.2) is 60.7 Å². The van der Waals surface area contributed by atoms with Crippen molar-refractivity contribution in [2.45, 2.75) is 19.3 Å². The van der Waals surface area contributed by atoms with Crippen LogP contribution in [0, 0.1) is 6.42 Å². The number of allylic oxidation sites excluding steroid dienone is 1. The number of fused-ring (bicyclic) bond motifs is 3. The first-order valence-electron chi connectivity index (χ1n) is 7.60. The zero-order valence-electron chi connectivity index (χ0n) is 12.7. The summed E-state index contributed by atoms with van der Waals surface area (Å²) in [6.45, 7) is 2.34. The second-order valence-electron chi connectivity index (χ2n) is 5.40. The van der Waals surface area contributed by atoms with Crippen LogP contribution in [0.1, 0.15) is 30.4 Å². The Labute approximate surface area is 131 Å². The fourth-order valence-electron chi connectivity index (χ4n) is 2.95. The molecule has 22 heavy (non-hydrogen) atoms. The Kier molecular flexibility index (Phi) is 4.38. The molecule has 0 heterocycles. The molecule has 2 aromatic rings. The van der Waals surface area contributed by atoms with Crippen molar-refractivity contribution in [1.29, 1.82) is 0 Å². The van der Waals surface area contributed by atoms with E-state index in [2.05, 4.69) is 24.3 Å². The van der Waals surface area contributed by atoms with E-state index in [9.17, 15) is 4.79 Å². The Balaban J connectivity index is 1.78. The highest BCUT2D eigenvalue weighted by Crippen LogP contribution is 2.44. The quantitative estimate of drug-likeness (QED) is 0.598. The van der Waals surface area contributed by atoms with Crippen LogP contribution in [0.5, 0.6) is 0 Å². The minimum atomic E-state index is -0.274. The predicted octanol–water partition coefficient (Wildman–Crippen LogP) is 4.51. The van der Waals surface area contributed by atoms with Crippen molar-refractivity contribution in [1.82, 2.24) is 0 Å². The first-order chi connectivity index (χ1) is 10.8. The third-order valence-electron chi connectivity index (χ3n) is 3.98. The molecular formula is C20H19O2. The first-order valence-corrected chi connectivity index (χ1v) is 7.60. The number of carbonyl (C=O) groups is 1. The van der Waals surface area contributed by atoms with Crippen LogP contribution in [0.25, 0.3) is 11.1 Å². The lowest BCUT2D eigenvalue weighted by atomic mass is 9.98. The van der Waals surface area contributed by atoms with Gasteiger partial charge in [-0.15, -0.1) is 0 Å². The minimum Gasteiger partial charge on any atom is -0.462 e. The summed E-state index contributed by atoms with van der Waals surface area (Å²) in [5.41, 5.74) is 4.97. The number of hydrogen-bond donors (Lipinski definition) is 0. The standard InChI is InChI=1S/C20H19O2/c1-2-3-4-13-20(21)22-14-19-17-11-7-5-9-15(17)16-10-6-8-12-18(16)19/h2,4-13,19H,3,14H2,1H3. The normalized spacial score (nSPS) is 13.1. The van der Waals surface area contributed by atoms with Crippen LogP contribution in [-0.4, -0.2) is 12.6 Å².